The van der Waals surface area contributed by atoms with Crippen LogP contribution in [0.25, 0.3) is 0 Å². The van der Waals surface area contributed by atoms with Crippen LogP contribution < -0.4 is 5.32 Å². The minimum atomic E-state index is -0.470. The summed E-state index contributed by atoms with van der Waals surface area (Å²) in [6, 6.07) is 5.88. The fourth-order valence-electron chi connectivity index (χ4n) is 1.49. The van der Waals surface area contributed by atoms with E-state index in [1.165, 1.54) is 12.1 Å². The first-order chi connectivity index (χ1) is 7.99. The van der Waals surface area contributed by atoms with Crippen molar-refractivity contribution in [1.82, 2.24) is 5.32 Å². The molecule has 0 heterocycles. The van der Waals surface area contributed by atoms with Crippen molar-refractivity contribution in [1.29, 1.82) is 0 Å². The van der Waals surface area contributed by atoms with Gasteiger partial charge in [0.1, 0.15) is 5.82 Å². The number of hydrogen-bond acceptors (Lipinski definition) is 2. The fraction of sp³-hybridized carbons (Fsp3) is 0.462. The summed E-state index contributed by atoms with van der Waals surface area (Å²) in [6.45, 7) is 3.49. The van der Waals surface area contributed by atoms with Crippen molar-refractivity contribution in [3.05, 3.63) is 35.6 Å². The summed E-state index contributed by atoms with van der Waals surface area (Å²) >= 11 is 0. The topological polar surface area (TPSA) is 49.3 Å². The molecule has 0 saturated heterocycles. The normalized spacial score (nSPS) is 14.1. The summed E-state index contributed by atoms with van der Waals surface area (Å²) in [5.41, 5.74) is 0.858. The molecule has 4 heteroatoms. The van der Waals surface area contributed by atoms with E-state index in [4.69, 9.17) is 5.11 Å². The van der Waals surface area contributed by atoms with Crippen LogP contribution in [0.5, 0.6) is 0 Å². The maximum Gasteiger partial charge on any atom is 0.220 e. The van der Waals surface area contributed by atoms with Crippen molar-refractivity contribution in [2.45, 2.75) is 38.8 Å². The van der Waals surface area contributed by atoms with Crippen molar-refractivity contribution in [3.8, 4) is 0 Å². The van der Waals surface area contributed by atoms with Gasteiger partial charge in [0.15, 0.2) is 0 Å². The molecule has 0 saturated carbocycles. The zero-order valence-electron chi connectivity index (χ0n) is 10.1. The molecule has 0 aromatic heterocycles. The number of benzene rings is 1. The van der Waals surface area contributed by atoms with Gasteiger partial charge >= 0.3 is 0 Å². The quantitative estimate of drug-likeness (QED) is 0.827. The highest BCUT2D eigenvalue weighted by atomic mass is 19.1. The Morgan fingerprint density at radius 3 is 2.47 bits per heavy atom. The Bertz CT molecular complexity index is 362. The van der Waals surface area contributed by atoms with E-state index in [0.29, 0.717) is 12.8 Å². The van der Waals surface area contributed by atoms with Crippen molar-refractivity contribution in [3.63, 3.8) is 0 Å². The monoisotopic (exact) mass is 239 g/mol. The zero-order chi connectivity index (χ0) is 12.8. The highest BCUT2D eigenvalue weighted by Crippen LogP contribution is 2.13. The largest absolute Gasteiger partial charge is 0.393 e. The van der Waals surface area contributed by atoms with Crippen LogP contribution in [0.15, 0.2) is 24.3 Å². The molecule has 17 heavy (non-hydrogen) atoms. The smallest absolute Gasteiger partial charge is 0.220 e. The van der Waals surface area contributed by atoms with E-state index in [2.05, 4.69) is 5.32 Å². The molecule has 0 aliphatic rings. The molecular weight excluding hydrogens is 221 g/mol. The van der Waals surface area contributed by atoms with Gasteiger partial charge in [-0.2, -0.15) is 0 Å². The summed E-state index contributed by atoms with van der Waals surface area (Å²) in [5, 5.41) is 11.9. The van der Waals surface area contributed by atoms with E-state index in [9.17, 15) is 9.18 Å². The molecule has 0 bridgehead atoms. The number of amides is 1. The summed E-state index contributed by atoms with van der Waals surface area (Å²) in [6.07, 6.45) is 0.271. The van der Waals surface area contributed by atoms with Crippen LogP contribution in [0.4, 0.5) is 4.39 Å². The maximum atomic E-state index is 12.7. The molecule has 0 fully saturated rings. The fourth-order valence-corrected chi connectivity index (χ4v) is 1.49. The number of hydrogen-bond donors (Lipinski definition) is 2. The Morgan fingerprint density at radius 1 is 1.35 bits per heavy atom. The van der Waals surface area contributed by atoms with Crippen LogP contribution in [-0.2, 0) is 4.79 Å². The van der Waals surface area contributed by atoms with Crippen LogP contribution in [0.1, 0.15) is 38.3 Å². The van der Waals surface area contributed by atoms with Gasteiger partial charge in [0.2, 0.25) is 5.91 Å². The minimum absolute atomic E-state index is 0.109. The van der Waals surface area contributed by atoms with Crippen molar-refractivity contribution < 1.29 is 14.3 Å². The second-order valence-electron chi connectivity index (χ2n) is 4.23. The zero-order valence-corrected chi connectivity index (χ0v) is 10.1. The van der Waals surface area contributed by atoms with Gasteiger partial charge in [0.25, 0.3) is 0 Å². The Balaban J connectivity index is 2.46. The molecule has 0 aliphatic carbocycles. The predicted molar refractivity (Wildman–Crippen MR) is 63.9 cm³/mol. The molecule has 3 nitrogen and oxygen atoms in total. The van der Waals surface area contributed by atoms with Crippen LogP contribution in [0, 0.1) is 5.82 Å². The van der Waals surface area contributed by atoms with Gasteiger partial charge in [-0.1, -0.05) is 12.1 Å². The SMILES string of the molecule is CC(O)CCC(=O)N[C@@H](C)c1ccc(F)cc1. The maximum absolute atomic E-state index is 12.7. The number of halogens is 1. The molecular formula is C13H18FNO2. The molecule has 1 amide bonds. The molecule has 1 aromatic rings. The van der Waals surface area contributed by atoms with E-state index in [0.717, 1.165) is 5.56 Å². The summed E-state index contributed by atoms with van der Waals surface area (Å²) in [5.74, 6) is -0.399. The van der Waals surface area contributed by atoms with Gasteiger partial charge in [-0.25, -0.2) is 4.39 Å². The first-order valence-electron chi connectivity index (χ1n) is 5.72. The lowest BCUT2D eigenvalue weighted by atomic mass is 10.1. The summed E-state index contributed by atoms with van der Waals surface area (Å²) < 4.78 is 12.7. The number of carbonyl (C=O) groups is 1. The molecule has 0 radical (unpaired) electrons. The van der Waals surface area contributed by atoms with Gasteiger partial charge < -0.3 is 10.4 Å². The van der Waals surface area contributed by atoms with Gasteiger partial charge in [0, 0.05) is 6.42 Å². The molecule has 2 atom stereocenters. The Hall–Kier alpha value is -1.42. The first kappa shape index (κ1) is 13.6. The first-order valence-corrected chi connectivity index (χ1v) is 5.72. The second kappa shape index (κ2) is 6.35. The Labute approximate surface area is 101 Å². The average Bonchev–Trinajstić information content (AvgIpc) is 2.27. The highest BCUT2D eigenvalue weighted by Gasteiger charge is 2.10. The molecule has 1 unspecified atom stereocenters. The summed E-state index contributed by atoms with van der Waals surface area (Å²) in [7, 11) is 0. The lowest BCUT2D eigenvalue weighted by Crippen LogP contribution is -2.27. The molecule has 0 spiro atoms. The van der Waals surface area contributed by atoms with Gasteiger partial charge in [-0.05, 0) is 38.0 Å². The van der Waals surface area contributed by atoms with Crippen molar-refractivity contribution >= 4 is 5.91 Å². The molecule has 1 aromatic carbocycles. The van der Waals surface area contributed by atoms with Gasteiger partial charge in [0.05, 0.1) is 12.1 Å². The average molecular weight is 239 g/mol. The molecule has 2 N–H and O–H groups in total. The Morgan fingerprint density at radius 2 is 1.94 bits per heavy atom. The molecule has 94 valence electrons. The lowest BCUT2D eigenvalue weighted by Gasteiger charge is -2.14. The van der Waals surface area contributed by atoms with Crippen LogP contribution >= 0.6 is 0 Å². The standard InChI is InChI=1S/C13H18FNO2/c1-9(16)3-8-13(17)15-10(2)11-4-6-12(14)7-5-11/h4-7,9-10,16H,3,8H2,1-2H3,(H,15,17)/t9?,10-/m0/s1. The van der Waals surface area contributed by atoms with E-state index in [-0.39, 0.29) is 17.8 Å². The van der Waals surface area contributed by atoms with E-state index >= 15 is 0 Å². The third-order valence-corrected chi connectivity index (χ3v) is 2.54. The van der Waals surface area contributed by atoms with Crippen LogP contribution in [0.3, 0.4) is 0 Å². The minimum Gasteiger partial charge on any atom is -0.393 e. The predicted octanol–water partition coefficient (Wildman–Crippen LogP) is 2.16. The molecule has 1 rings (SSSR count). The second-order valence-corrected chi connectivity index (χ2v) is 4.23. The van der Waals surface area contributed by atoms with E-state index in [1.54, 1.807) is 19.1 Å². The number of carbonyl (C=O) groups excluding carboxylic acids is 1. The van der Waals surface area contributed by atoms with Crippen molar-refractivity contribution in [2.24, 2.45) is 0 Å². The highest BCUT2D eigenvalue weighted by molar-refractivity contribution is 5.76. The van der Waals surface area contributed by atoms with Gasteiger partial charge in [-0.3, -0.25) is 4.79 Å². The van der Waals surface area contributed by atoms with E-state index < -0.39 is 6.10 Å². The Kier molecular flexibility index (Phi) is 5.10. The van der Waals surface area contributed by atoms with Crippen LogP contribution in [-0.4, -0.2) is 17.1 Å². The third kappa shape index (κ3) is 4.95. The molecule has 0 aliphatic heterocycles. The number of aliphatic hydroxyl groups is 1. The van der Waals surface area contributed by atoms with Crippen LogP contribution in [0.2, 0.25) is 0 Å². The van der Waals surface area contributed by atoms with Gasteiger partial charge in [-0.15, -0.1) is 0 Å². The number of aliphatic hydroxyl groups excluding tert-OH is 1. The van der Waals surface area contributed by atoms with Crippen molar-refractivity contribution in [2.75, 3.05) is 0 Å². The van der Waals surface area contributed by atoms with E-state index in [1.807, 2.05) is 6.92 Å². The number of nitrogens with one attached hydrogen (secondary N) is 1. The third-order valence-electron chi connectivity index (χ3n) is 2.54. The summed E-state index contributed by atoms with van der Waals surface area (Å²) in [4.78, 5) is 11.5. The number of rotatable bonds is 5. The lowest BCUT2D eigenvalue weighted by molar-refractivity contribution is -0.122.